The molecule has 0 atom stereocenters. The fraction of sp³-hybridized carbons (Fsp3) is 0.0714. The van der Waals surface area contributed by atoms with Crippen LogP contribution in [0.3, 0.4) is 0 Å². The molecule has 0 spiro atoms. The van der Waals surface area contributed by atoms with Gasteiger partial charge in [-0.05, 0) is 42.5 Å². The molecule has 0 aromatic heterocycles. The van der Waals surface area contributed by atoms with Gasteiger partial charge in [-0.15, -0.1) is 0 Å². The minimum absolute atomic E-state index is 0.152. The predicted octanol–water partition coefficient (Wildman–Crippen LogP) is 2.68. The number of amides is 1. The van der Waals surface area contributed by atoms with Gasteiger partial charge in [0.1, 0.15) is 11.6 Å². The average molecular weight is 262 g/mol. The minimum Gasteiger partial charge on any atom is -0.381 e. The van der Waals surface area contributed by atoms with E-state index in [1.165, 1.54) is 0 Å². The molecular weight excluding hydrogens is 250 g/mol. The van der Waals surface area contributed by atoms with Crippen LogP contribution in [-0.4, -0.2) is 5.91 Å². The molecule has 2 rings (SSSR count). The topological polar surface area (TPSA) is 55.1 Å². The smallest absolute Gasteiger partial charge is 0.248 e. The van der Waals surface area contributed by atoms with Crippen molar-refractivity contribution in [3.05, 3.63) is 65.2 Å². The van der Waals surface area contributed by atoms with Crippen molar-refractivity contribution in [2.45, 2.75) is 6.54 Å². The molecule has 0 heterocycles. The van der Waals surface area contributed by atoms with E-state index in [2.05, 4.69) is 5.32 Å². The van der Waals surface area contributed by atoms with Crippen molar-refractivity contribution >= 4 is 11.6 Å². The number of benzene rings is 2. The molecule has 2 aromatic carbocycles. The molecule has 2 aromatic rings. The SMILES string of the molecule is NC(=O)c1ccc(NCc2cc(F)ccc2F)cc1. The summed E-state index contributed by atoms with van der Waals surface area (Å²) in [5, 5.41) is 2.94. The zero-order valence-electron chi connectivity index (χ0n) is 9.99. The third kappa shape index (κ3) is 3.28. The first kappa shape index (κ1) is 13.0. The largest absolute Gasteiger partial charge is 0.381 e. The van der Waals surface area contributed by atoms with E-state index >= 15 is 0 Å². The van der Waals surface area contributed by atoms with E-state index in [4.69, 9.17) is 5.73 Å². The van der Waals surface area contributed by atoms with Gasteiger partial charge in [-0.2, -0.15) is 0 Å². The summed E-state index contributed by atoms with van der Waals surface area (Å²) >= 11 is 0. The number of hydrogen-bond donors (Lipinski definition) is 2. The Morgan fingerprint density at radius 1 is 1.11 bits per heavy atom. The van der Waals surface area contributed by atoms with Crippen molar-refractivity contribution in [2.75, 3.05) is 5.32 Å². The molecule has 3 nitrogen and oxygen atoms in total. The van der Waals surface area contributed by atoms with Crippen LogP contribution >= 0.6 is 0 Å². The van der Waals surface area contributed by atoms with Crippen molar-refractivity contribution in [2.24, 2.45) is 5.73 Å². The molecule has 1 amide bonds. The second-order valence-corrected chi connectivity index (χ2v) is 4.03. The fourth-order valence-corrected chi connectivity index (χ4v) is 1.63. The van der Waals surface area contributed by atoms with E-state index in [-0.39, 0.29) is 12.1 Å². The lowest BCUT2D eigenvalue weighted by atomic mass is 10.1. The summed E-state index contributed by atoms with van der Waals surface area (Å²) in [5.41, 5.74) is 6.43. The van der Waals surface area contributed by atoms with E-state index in [9.17, 15) is 13.6 Å². The predicted molar refractivity (Wildman–Crippen MR) is 68.6 cm³/mol. The number of carbonyl (C=O) groups excluding carboxylic acids is 1. The van der Waals surface area contributed by atoms with Gasteiger partial charge in [0.2, 0.25) is 5.91 Å². The van der Waals surface area contributed by atoms with E-state index in [1.807, 2.05) is 0 Å². The summed E-state index contributed by atoms with van der Waals surface area (Å²) in [6.45, 7) is 0.152. The summed E-state index contributed by atoms with van der Waals surface area (Å²) in [5.74, 6) is -1.47. The summed E-state index contributed by atoms with van der Waals surface area (Å²) in [7, 11) is 0. The monoisotopic (exact) mass is 262 g/mol. The fourth-order valence-electron chi connectivity index (χ4n) is 1.63. The highest BCUT2D eigenvalue weighted by atomic mass is 19.1. The summed E-state index contributed by atoms with van der Waals surface area (Å²) in [6, 6.07) is 9.72. The summed E-state index contributed by atoms with van der Waals surface area (Å²) < 4.78 is 26.3. The van der Waals surface area contributed by atoms with Gasteiger partial charge in [0.05, 0.1) is 0 Å². The number of hydrogen-bond acceptors (Lipinski definition) is 2. The van der Waals surface area contributed by atoms with E-state index in [0.717, 1.165) is 18.2 Å². The Bertz CT molecular complexity index is 597. The van der Waals surface area contributed by atoms with Crippen LogP contribution in [0, 0.1) is 11.6 Å². The van der Waals surface area contributed by atoms with Crippen molar-refractivity contribution in [3.63, 3.8) is 0 Å². The second kappa shape index (κ2) is 5.48. The number of anilines is 1. The number of halogens is 2. The Kier molecular flexibility index (Phi) is 3.75. The molecule has 0 radical (unpaired) electrons. The van der Waals surface area contributed by atoms with Crippen LogP contribution in [0.25, 0.3) is 0 Å². The van der Waals surface area contributed by atoms with Crippen LogP contribution in [0.2, 0.25) is 0 Å². The molecule has 0 aliphatic rings. The number of primary amides is 1. The molecule has 0 aliphatic heterocycles. The molecular formula is C14H12F2N2O. The maximum absolute atomic E-state index is 13.4. The molecule has 0 saturated heterocycles. The Morgan fingerprint density at radius 3 is 2.42 bits per heavy atom. The van der Waals surface area contributed by atoms with Gasteiger partial charge in [0, 0.05) is 23.4 Å². The number of carbonyl (C=O) groups is 1. The van der Waals surface area contributed by atoms with Gasteiger partial charge < -0.3 is 11.1 Å². The first-order chi connectivity index (χ1) is 9.06. The first-order valence-electron chi connectivity index (χ1n) is 5.64. The lowest BCUT2D eigenvalue weighted by molar-refractivity contribution is 0.100. The quantitative estimate of drug-likeness (QED) is 0.890. The van der Waals surface area contributed by atoms with Crippen LogP contribution in [0.15, 0.2) is 42.5 Å². The normalized spacial score (nSPS) is 10.2. The van der Waals surface area contributed by atoms with Gasteiger partial charge in [-0.3, -0.25) is 4.79 Å². The minimum atomic E-state index is -0.511. The number of nitrogens with one attached hydrogen (secondary N) is 1. The molecule has 19 heavy (non-hydrogen) atoms. The second-order valence-electron chi connectivity index (χ2n) is 4.03. The lowest BCUT2D eigenvalue weighted by Crippen LogP contribution is -2.10. The van der Waals surface area contributed by atoms with Crippen LogP contribution in [0.4, 0.5) is 14.5 Å². The Labute approximate surface area is 109 Å². The molecule has 5 heteroatoms. The standard InChI is InChI=1S/C14H12F2N2O/c15-11-3-6-13(16)10(7-11)8-18-12-4-1-9(2-5-12)14(17)19/h1-7,18H,8H2,(H2,17,19). The van der Waals surface area contributed by atoms with Crippen molar-refractivity contribution in [3.8, 4) is 0 Å². The van der Waals surface area contributed by atoms with Crippen molar-refractivity contribution < 1.29 is 13.6 Å². The first-order valence-corrected chi connectivity index (χ1v) is 5.64. The highest BCUT2D eigenvalue weighted by Gasteiger charge is 2.04. The zero-order chi connectivity index (χ0) is 13.8. The van der Waals surface area contributed by atoms with Crippen LogP contribution in [-0.2, 0) is 6.54 Å². The third-order valence-corrected chi connectivity index (χ3v) is 2.66. The maximum Gasteiger partial charge on any atom is 0.248 e. The van der Waals surface area contributed by atoms with Gasteiger partial charge in [0.25, 0.3) is 0 Å². The van der Waals surface area contributed by atoms with Gasteiger partial charge in [-0.1, -0.05) is 0 Å². The van der Waals surface area contributed by atoms with E-state index in [0.29, 0.717) is 11.3 Å². The molecule has 0 unspecified atom stereocenters. The number of rotatable bonds is 4. The highest BCUT2D eigenvalue weighted by molar-refractivity contribution is 5.93. The Morgan fingerprint density at radius 2 is 1.79 bits per heavy atom. The molecule has 0 saturated carbocycles. The zero-order valence-corrected chi connectivity index (χ0v) is 9.99. The van der Waals surface area contributed by atoms with Gasteiger partial charge >= 0.3 is 0 Å². The highest BCUT2D eigenvalue weighted by Crippen LogP contribution is 2.14. The van der Waals surface area contributed by atoms with E-state index in [1.54, 1.807) is 24.3 Å². The van der Waals surface area contributed by atoms with Crippen molar-refractivity contribution in [1.29, 1.82) is 0 Å². The third-order valence-electron chi connectivity index (χ3n) is 2.66. The van der Waals surface area contributed by atoms with Crippen LogP contribution in [0.5, 0.6) is 0 Å². The van der Waals surface area contributed by atoms with E-state index < -0.39 is 17.5 Å². The molecule has 0 aliphatic carbocycles. The molecule has 3 N–H and O–H groups in total. The van der Waals surface area contributed by atoms with Gasteiger partial charge in [-0.25, -0.2) is 8.78 Å². The maximum atomic E-state index is 13.4. The Balaban J connectivity index is 2.06. The van der Waals surface area contributed by atoms with Crippen molar-refractivity contribution in [1.82, 2.24) is 0 Å². The molecule has 0 bridgehead atoms. The summed E-state index contributed by atoms with van der Waals surface area (Å²) in [6.07, 6.45) is 0. The molecule has 98 valence electrons. The molecule has 0 fully saturated rings. The van der Waals surface area contributed by atoms with Crippen LogP contribution < -0.4 is 11.1 Å². The van der Waals surface area contributed by atoms with Gasteiger partial charge in [0.15, 0.2) is 0 Å². The Hall–Kier alpha value is -2.43. The average Bonchev–Trinajstić information content (AvgIpc) is 2.40. The van der Waals surface area contributed by atoms with Crippen LogP contribution in [0.1, 0.15) is 15.9 Å². The lowest BCUT2D eigenvalue weighted by Gasteiger charge is -2.08. The summed E-state index contributed by atoms with van der Waals surface area (Å²) in [4.78, 5) is 10.9. The number of nitrogens with two attached hydrogens (primary N) is 1.